The minimum absolute atomic E-state index is 0. The molecule has 122 valence electrons. The van der Waals surface area contributed by atoms with Gasteiger partial charge in [0.05, 0.1) is 9.40 Å². The summed E-state index contributed by atoms with van der Waals surface area (Å²) < 4.78 is 0.536. The second-order valence-electron chi connectivity index (χ2n) is 6.26. The first-order valence-corrected chi connectivity index (χ1v) is 8.24. The maximum absolute atomic E-state index is 11.0. The van der Waals surface area contributed by atoms with E-state index in [0.29, 0.717) is 22.4 Å². The second-order valence-corrected chi connectivity index (χ2v) is 7.11. The molecule has 3 atom stereocenters. The van der Waals surface area contributed by atoms with Crippen LogP contribution in [0.25, 0.3) is 0 Å². The molecule has 0 spiro atoms. The Morgan fingerprint density at radius 2 is 2.14 bits per heavy atom. The Hall–Kier alpha value is -0.690. The molecule has 1 saturated heterocycles. The minimum atomic E-state index is -0.340. The number of rotatable bonds is 3. The van der Waals surface area contributed by atoms with E-state index in [4.69, 9.17) is 5.73 Å². The highest BCUT2D eigenvalue weighted by molar-refractivity contribution is 9.10. The fourth-order valence-electron chi connectivity index (χ4n) is 3.79. The SMILES string of the molecule is Cl.NC1CCCC2CN(Cc3ccc(Br)c([N+](=O)[O-])c3)CC12. The van der Waals surface area contributed by atoms with Crippen LogP contribution in [0, 0.1) is 22.0 Å². The lowest BCUT2D eigenvalue weighted by atomic mass is 9.78. The lowest BCUT2D eigenvalue weighted by Crippen LogP contribution is -2.38. The number of benzene rings is 1. The van der Waals surface area contributed by atoms with Crippen LogP contribution in [0.2, 0.25) is 0 Å². The smallest absolute Gasteiger partial charge is 0.283 e. The summed E-state index contributed by atoms with van der Waals surface area (Å²) in [5.41, 5.74) is 7.37. The van der Waals surface area contributed by atoms with E-state index in [9.17, 15) is 10.1 Å². The van der Waals surface area contributed by atoms with E-state index in [1.54, 1.807) is 12.1 Å². The van der Waals surface area contributed by atoms with Gasteiger partial charge in [-0.2, -0.15) is 0 Å². The maximum atomic E-state index is 11.0. The van der Waals surface area contributed by atoms with Gasteiger partial charge in [-0.1, -0.05) is 12.5 Å². The molecule has 1 aromatic rings. The molecule has 5 nitrogen and oxygen atoms in total. The van der Waals surface area contributed by atoms with E-state index in [1.165, 1.54) is 12.8 Å². The Morgan fingerprint density at radius 3 is 2.82 bits per heavy atom. The summed E-state index contributed by atoms with van der Waals surface area (Å²) in [4.78, 5) is 13.1. The third kappa shape index (κ3) is 3.62. The molecule has 2 aliphatic rings. The highest BCUT2D eigenvalue weighted by Crippen LogP contribution is 2.36. The molecule has 2 fully saturated rings. The van der Waals surface area contributed by atoms with Crippen molar-refractivity contribution in [1.29, 1.82) is 0 Å². The second kappa shape index (κ2) is 7.25. The quantitative estimate of drug-likeness (QED) is 0.634. The molecule has 1 aliphatic carbocycles. The van der Waals surface area contributed by atoms with Gasteiger partial charge in [-0.05, 0) is 52.2 Å². The lowest BCUT2D eigenvalue weighted by molar-refractivity contribution is -0.385. The average Bonchev–Trinajstić information content (AvgIpc) is 2.85. The molecule has 0 radical (unpaired) electrons. The monoisotopic (exact) mass is 389 g/mol. The number of hydrogen-bond acceptors (Lipinski definition) is 4. The van der Waals surface area contributed by atoms with Crippen LogP contribution in [-0.2, 0) is 6.54 Å². The first kappa shape index (κ1) is 17.7. The van der Waals surface area contributed by atoms with Crippen molar-refractivity contribution in [1.82, 2.24) is 4.90 Å². The predicted octanol–water partition coefficient (Wildman–Crippen LogP) is 3.34. The number of nitrogens with two attached hydrogens (primary N) is 1. The Bertz CT molecular complexity index is 558. The summed E-state index contributed by atoms with van der Waals surface area (Å²) in [6.07, 6.45) is 3.65. The molecule has 0 bridgehead atoms. The number of nitro benzene ring substituents is 1. The third-order valence-electron chi connectivity index (χ3n) is 4.84. The van der Waals surface area contributed by atoms with Gasteiger partial charge >= 0.3 is 0 Å². The van der Waals surface area contributed by atoms with Crippen molar-refractivity contribution >= 4 is 34.0 Å². The van der Waals surface area contributed by atoms with Crippen molar-refractivity contribution in [2.24, 2.45) is 17.6 Å². The molecule has 1 aliphatic heterocycles. The fourth-order valence-corrected chi connectivity index (χ4v) is 4.18. The zero-order valence-corrected chi connectivity index (χ0v) is 14.7. The number of halogens is 2. The number of nitro groups is 1. The molecule has 0 amide bonds. The summed E-state index contributed by atoms with van der Waals surface area (Å²) >= 11 is 3.23. The average molecular weight is 391 g/mol. The van der Waals surface area contributed by atoms with Gasteiger partial charge in [0.25, 0.3) is 5.69 Å². The Balaban J connectivity index is 0.00000176. The van der Waals surface area contributed by atoms with E-state index < -0.39 is 0 Å². The zero-order valence-electron chi connectivity index (χ0n) is 12.3. The van der Waals surface area contributed by atoms with Crippen LogP contribution in [0.15, 0.2) is 22.7 Å². The molecular formula is C15H21BrClN3O2. The molecule has 3 rings (SSSR count). The van der Waals surface area contributed by atoms with Gasteiger partial charge < -0.3 is 5.73 Å². The van der Waals surface area contributed by atoms with Crippen LogP contribution in [0.1, 0.15) is 24.8 Å². The summed E-state index contributed by atoms with van der Waals surface area (Å²) in [7, 11) is 0. The van der Waals surface area contributed by atoms with Crippen LogP contribution in [-0.4, -0.2) is 29.0 Å². The number of nitrogens with zero attached hydrogens (tertiary/aromatic N) is 2. The molecule has 22 heavy (non-hydrogen) atoms. The summed E-state index contributed by atoms with van der Waals surface area (Å²) in [6.45, 7) is 2.87. The van der Waals surface area contributed by atoms with Gasteiger partial charge in [0.15, 0.2) is 0 Å². The molecule has 7 heteroatoms. The van der Waals surface area contributed by atoms with E-state index in [2.05, 4.69) is 20.8 Å². The molecular weight excluding hydrogens is 370 g/mol. The highest BCUT2D eigenvalue weighted by Gasteiger charge is 2.38. The largest absolute Gasteiger partial charge is 0.327 e. The van der Waals surface area contributed by atoms with E-state index in [1.807, 2.05) is 6.07 Å². The summed E-state index contributed by atoms with van der Waals surface area (Å²) in [5.74, 6) is 1.31. The van der Waals surface area contributed by atoms with E-state index >= 15 is 0 Å². The van der Waals surface area contributed by atoms with Gasteiger partial charge in [0, 0.05) is 31.7 Å². The van der Waals surface area contributed by atoms with Crippen molar-refractivity contribution in [3.05, 3.63) is 38.3 Å². The first-order valence-electron chi connectivity index (χ1n) is 7.45. The van der Waals surface area contributed by atoms with Crippen LogP contribution in [0.3, 0.4) is 0 Å². The van der Waals surface area contributed by atoms with Gasteiger partial charge in [-0.15, -0.1) is 12.4 Å². The van der Waals surface area contributed by atoms with Crippen molar-refractivity contribution in [2.45, 2.75) is 31.8 Å². The molecule has 1 aromatic carbocycles. The van der Waals surface area contributed by atoms with Gasteiger partial charge in [0.1, 0.15) is 0 Å². The maximum Gasteiger partial charge on any atom is 0.283 e. The third-order valence-corrected chi connectivity index (χ3v) is 5.51. The van der Waals surface area contributed by atoms with Crippen molar-refractivity contribution < 1.29 is 4.92 Å². The highest BCUT2D eigenvalue weighted by atomic mass is 79.9. The first-order chi connectivity index (χ1) is 10.0. The zero-order chi connectivity index (χ0) is 15.0. The number of likely N-dealkylation sites (tertiary alicyclic amines) is 1. The van der Waals surface area contributed by atoms with Crippen molar-refractivity contribution in [3.63, 3.8) is 0 Å². The van der Waals surface area contributed by atoms with Gasteiger partial charge in [-0.3, -0.25) is 15.0 Å². The fraction of sp³-hybridized carbons (Fsp3) is 0.600. The lowest BCUT2D eigenvalue weighted by Gasteiger charge is -2.29. The van der Waals surface area contributed by atoms with E-state index in [0.717, 1.165) is 31.6 Å². The summed E-state index contributed by atoms with van der Waals surface area (Å²) in [6, 6.07) is 5.72. The number of hydrogen-bond donors (Lipinski definition) is 1. The normalized spacial score (nSPS) is 28.0. The standard InChI is InChI=1S/C15H20BrN3O2.ClH/c16-13-5-4-10(6-15(13)19(20)21)7-18-8-11-2-1-3-14(17)12(11)9-18;/h4-6,11-12,14H,1-3,7-9,17H2;1H. The molecule has 0 aromatic heterocycles. The topological polar surface area (TPSA) is 72.4 Å². The van der Waals surface area contributed by atoms with Crippen LogP contribution in [0.4, 0.5) is 5.69 Å². The van der Waals surface area contributed by atoms with Gasteiger partial charge in [-0.25, -0.2) is 0 Å². The molecule has 2 N–H and O–H groups in total. The Morgan fingerprint density at radius 1 is 1.36 bits per heavy atom. The van der Waals surface area contributed by atoms with Crippen molar-refractivity contribution in [3.8, 4) is 0 Å². The van der Waals surface area contributed by atoms with Crippen LogP contribution < -0.4 is 5.73 Å². The minimum Gasteiger partial charge on any atom is -0.327 e. The predicted molar refractivity (Wildman–Crippen MR) is 92.1 cm³/mol. The summed E-state index contributed by atoms with van der Waals surface area (Å²) in [5, 5.41) is 11.0. The van der Waals surface area contributed by atoms with E-state index in [-0.39, 0.29) is 23.0 Å². The Labute approximate surface area is 144 Å². The van der Waals surface area contributed by atoms with Crippen LogP contribution in [0.5, 0.6) is 0 Å². The molecule has 3 unspecified atom stereocenters. The van der Waals surface area contributed by atoms with Gasteiger partial charge in [0.2, 0.25) is 0 Å². The molecule has 1 heterocycles. The van der Waals surface area contributed by atoms with Crippen LogP contribution >= 0.6 is 28.3 Å². The Kier molecular flexibility index (Phi) is 5.82. The number of fused-ring (bicyclic) bond motifs is 1. The molecule has 1 saturated carbocycles. The van der Waals surface area contributed by atoms with Crippen molar-refractivity contribution in [2.75, 3.05) is 13.1 Å².